The molecule has 1 amide bonds. The molecule has 0 radical (unpaired) electrons. The Labute approximate surface area is 86.4 Å². The minimum Gasteiger partial charge on any atom is -0.351 e. The van der Waals surface area contributed by atoms with Gasteiger partial charge in [-0.05, 0) is 46.0 Å². The minimum atomic E-state index is 0.103. The SMILES string of the molecule is CC(N)CCCC(=O)NC1(C)CCC1. The van der Waals surface area contributed by atoms with Gasteiger partial charge < -0.3 is 11.1 Å². The molecule has 0 aliphatic heterocycles. The second-order valence-corrected chi connectivity index (χ2v) is 4.83. The highest BCUT2D eigenvalue weighted by Gasteiger charge is 2.32. The highest BCUT2D eigenvalue weighted by atomic mass is 16.1. The first-order valence-corrected chi connectivity index (χ1v) is 5.58. The number of nitrogens with one attached hydrogen (secondary N) is 1. The lowest BCUT2D eigenvalue weighted by Crippen LogP contribution is -2.50. The summed E-state index contributed by atoms with van der Waals surface area (Å²) in [7, 11) is 0. The first-order valence-electron chi connectivity index (χ1n) is 5.58. The Morgan fingerprint density at radius 1 is 1.57 bits per heavy atom. The largest absolute Gasteiger partial charge is 0.351 e. The summed E-state index contributed by atoms with van der Waals surface area (Å²) in [4.78, 5) is 11.5. The van der Waals surface area contributed by atoms with Gasteiger partial charge in [-0.3, -0.25) is 4.79 Å². The summed E-state index contributed by atoms with van der Waals surface area (Å²) in [5.41, 5.74) is 5.71. The zero-order chi connectivity index (χ0) is 10.6. The fourth-order valence-electron chi connectivity index (χ4n) is 1.82. The van der Waals surface area contributed by atoms with Gasteiger partial charge in [0.2, 0.25) is 5.91 Å². The van der Waals surface area contributed by atoms with E-state index in [1.807, 2.05) is 6.92 Å². The smallest absolute Gasteiger partial charge is 0.220 e. The van der Waals surface area contributed by atoms with Crippen molar-refractivity contribution >= 4 is 5.91 Å². The van der Waals surface area contributed by atoms with Crippen LogP contribution in [0.3, 0.4) is 0 Å². The van der Waals surface area contributed by atoms with Gasteiger partial charge in [0.25, 0.3) is 0 Å². The molecule has 1 saturated carbocycles. The van der Waals surface area contributed by atoms with E-state index in [1.165, 1.54) is 6.42 Å². The molecule has 1 unspecified atom stereocenters. The molecule has 0 aromatic rings. The molecule has 0 heterocycles. The average molecular weight is 198 g/mol. The maximum Gasteiger partial charge on any atom is 0.220 e. The first-order chi connectivity index (χ1) is 6.52. The second kappa shape index (κ2) is 4.78. The maximum atomic E-state index is 11.5. The Hall–Kier alpha value is -0.570. The zero-order valence-electron chi connectivity index (χ0n) is 9.31. The van der Waals surface area contributed by atoms with Crippen molar-refractivity contribution in [2.24, 2.45) is 5.73 Å². The van der Waals surface area contributed by atoms with Crippen LogP contribution >= 0.6 is 0 Å². The van der Waals surface area contributed by atoms with Crippen molar-refractivity contribution in [1.82, 2.24) is 5.32 Å². The molecule has 14 heavy (non-hydrogen) atoms. The van der Waals surface area contributed by atoms with Gasteiger partial charge in [0, 0.05) is 18.0 Å². The Balaban J connectivity index is 2.10. The van der Waals surface area contributed by atoms with Crippen LogP contribution in [0.2, 0.25) is 0 Å². The lowest BCUT2D eigenvalue weighted by molar-refractivity contribution is -0.123. The second-order valence-electron chi connectivity index (χ2n) is 4.83. The molecule has 3 N–H and O–H groups in total. The van der Waals surface area contributed by atoms with E-state index < -0.39 is 0 Å². The fraction of sp³-hybridized carbons (Fsp3) is 0.909. The molecule has 0 spiro atoms. The Morgan fingerprint density at radius 2 is 2.21 bits per heavy atom. The van der Waals surface area contributed by atoms with Crippen LogP contribution in [-0.2, 0) is 4.79 Å². The van der Waals surface area contributed by atoms with Gasteiger partial charge in [0.1, 0.15) is 0 Å². The molecule has 0 aromatic heterocycles. The number of carbonyl (C=O) groups is 1. The van der Waals surface area contributed by atoms with Crippen LogP contribution in [0.5, 0.6) is 0 Å². The molecule has 1 aliphatic rings. The summed E-state index contributed by atoms with van der Waals surface area (Å²) in [6.07, 6.45) is 5.97. The number of amides is 1. The van der Waals surface area contributed by atoms with Crippen molar-refractivity contribution in [1.29, 1.82) is 0 Å². The van der Waals surface area contributed by atoms with Crippen molar-refractivity contribution < 1.29 is 4.79 Å². The quantitative estimate of drug-likeness (QED) is 0.704. The highest BCUT2D eigenvalue weighted by molar-refractivity contribution is 5.76. The summed E-state index contributed by atoms with van der Waals surface area (Å²) in [6.45, 7) is 4.10. The molecule has 1 fully saturated rings. The predicted molar refractivity (Wildman–Crippen MR) is 57.9 cm³/mol. The fourth-order valence-corrected chi connectivity index (χ4v) is 1.82. The Bertz CT molecular complexity index is 197. The summed E-state index contributed by atoms with van der Waals surface area (Å²) >= 11 is 0. The minimum absolute atomic E-state index is 0.103. The van der Waals surface area contributed by atoms with Crippen LogP contribution in [0, 0.1) is 0 Å². The highest BCUT2D eigenvalue weighted by Crippen LogP contribution is 2.30. The summed E-state index contributed by atoms with van der Waals surface area (Å²) in [5, 5.41) is 3.09. The van der Waals surface area contributed by atoms with E-state index in [1.54, 1.807) is 0 Å². The lowest BCUT2D eigenvalue weighted by atomic mass is 9.78. The van der Waals surface area contributed by atoms with Crippen molar-refractivity contribution in [2.45, 2.75) is 64.0 Å². The van der Waals surface area contributed by atoms with Crippen LogP contribution in [-0.4, -0.2) is 17.5 Å². The van der Waals surface area contributed by atoms with E-state index in [-0.39, 0.29) is 17.5 Å². The molecule has 3 heteroatoms. The molecule has 0 saturated heterocycles. The van der Waals surface area contributed by atoms with Gasteiger partial charge in [0.05, 0.1) is 0 Å². The Morgan fingerprint density at radius 3 is 2.64 bits per heavy atom. The predicted octanol–water partition coefficient (Wildman–Crippen LogP) is 1.56. The summed E-state index contributed by atoms with van der Waals surface area (Å²) in [6, 6.07) is 0.210. The van der Waals surface area contributed by atoms with Gasteiger partial charge in [-0.2, -0.15) is 0 Å². The summed E-state index contributed by atoms with van der Waals surface area (Å²) < 4.78 is 0. The van der Waals surface area contributed by atoms with Crippen molar-refractivity contribution in [2.75, 3.05) is 0 Å². The number of nitrogens with two attached hydrogens (primary N) is 1. The molecule has 1 atom stereocenters. The number of hydrogen-bond donors (Lipinski definition) is 2. The third-order valence-electron chi connectivity index (χ3n) is 2.96. The van der Waals surface area contributed by atoms with Crippen LogP contribution in [0.15, 0.2) is 0 Å². The topological polar surface area (TPSA) is 55.1 Å². The van der Waals surface area contributed by atoms with E-state index in [2.05, 4.69) is 12.2 Å². The molecule has 82 valence electrons. The van der Waals surface area contributed by atoms with Gasteiger partial charge in [-0.15, -0.1) is 0 Å². The maximum absolute atomic E-state index is 11.5. The number of carbonyl (C=O) groups excluding carboxylic acids is 1. The third-order valence-corrected chi connectivity index (χ3v) is 2.96. The molecular weight excluding hydrogens is 176 g/mol. The number of rotatable bonds is 5. The normalized spacial score (nSPS) is 21.1. The van der Waals surface area contributed by atoms with Crippen LogP contribution in [0.25, 0.3) is 0 Å². The van der Waals surface area contributed by atoms with Crippen LogP contribution < -0.4 is 11.1 Å². The van der Waals surface area contributed by atoms with E-state index in [9.17, 15) is 4.79 Å². The third kappa shape index (κ3) is 3.66. The van der Waals surface area contributed by atoms with Gasteiger partial charge in [-0.1, -0.05) is 0 Å². The lowest BCUT2D eigenvalue weighted by Gasteiger charge is -2.39. The van der Waals surface area contributed by atoms with E-state index in [0.29, 0.717) is 6.42 Å². The standard InChI is InChI=1S/C11H22N2O/c1-9(12)5-3-6-10(14)13-11(2)7-4-8-11/h9H,3-8,12H2,1-2H3,(H,13,14). The molecule has 0 bridgehead atoms. The molecular formula is C11H22N2O. The van der Waals surface area contributed by atoms with Crippen LogP contribution in [0.4, 0.5) is 0 Å². The van der Waals surface area contributed by atoms with Gasteiger partial charge >= 0.3 is 0 Å². The molecule has 0 aromatic carbocycles. The van der Waals surface area contributed by atoms with Crippen molar-refractivity contribution in [3.63, 3.8) is 0 Å². The van der Waals surface area contributed by atoms with E-state index in [4.69, 9.17) is 5.73 Å². The Kier molecular flexibility index (Phi) is 3.93. The zero-order valence-corrected chi connectivity index (χ0v) is 9.31. The van der Waals surface area contributed by atoms with Gasteiger partial charge in [0.15, 0.2) is 0 Å². The molecule has 1 aliphatic carbocycles. The van der Waals surface area contributed by atoms with Crippen molar-refractivity contribution in [3.05, 3.63) is 0 Å². The van der Waals surface area contributed by atoms with Crippen LogP contribution in [0.1, 0.15) is 52.4 Å². The van der Waals surface area contributed by atoms with Crippen molar-refractivity contribution in [3.8, 4) is 0 Å². The monoisotopic (exact) mass is 198 g/mol. The summed E-state index contributed by atoms with van der Waals surface area (Å²) in [5.74, 6) is 0.188. The van der Waals surface area contributed by atoms with E-state index in [0.717, 1.165) is 25.7 Å². The van der Waals surface area contributed by atoms with E-state index >= 15 is 0 Å². The molecule has 3 nitrogen and oxygen atoms in total. The first kappa shape index (κ1) is 11.5. The number of hydrogen-bond acceptors (Lipinski definition) is 2. The van der Waals surface area contributed by atoms with Gasteiger partial charge in [-0.25, -0.2) is 0 Å². The average Bonchev–Trinajstić information content (AvgIpc) is 2.00. The molecule has 1 rings (SSSR count).